The highest BCUT2D eigenvalue weighted by molar-refractivity contribution is 5.96. The summed E-state index contributed by atoms with van der Waals surface area (Å²) in [6.07, 6.45) is 3.73. The monoisotopic (exact) mass is 232 g/mol. The summed E-state index contributed by atoms with van der Waals surface area (Å²) < 4.78 is 0. The number of Topliss-reactive ketones (excluding diaryl/α,β-unsaturated/α-hetero) is 2. The van der Waals surface area contributed by atoms with Gasteiger partial charge in [-0.05, 0) is 31.7 Å². The number of rotatable bonds is 7. The molecule has 0 aliphatic carbocycles. The molecule has 0 saturated carbocycles. The van der Waals surface area contributed by atoms with Crippen molar-refractivity contribution >= 4 is 11.6 Å². The SMILES string of the molecule is CCc1ccc(C(=O)CCCCC(C)=O)cc1. The van der Waals surface area contributed by atoms with Gasteiger partial charge in [-0.25, -0.2) is 0 Å². The highest BCUT2D eigenvalue weighted by atomic mass is 16.1. The van der Waals surface area contributed by atoms with Crippen LogP contribution < -0.4 is 0 Å². The predicted molar refractivity (Wildman–Crippen MR) is 69.3 cm³/mol. The number of aryl methyl sites for hydroxylation is 1. The van der Waals surface area contributed by atoms with E-state index in [4.69, 9.17) is 0 Å². The molecule has 0 fully saturated rings. The summed E-state index contributed by atoms with van der Waals surface area (Å²) in [6.45, 7) is 3.68. The third-order valence-corrected chi connectivity index (χ3v) is 2.87. The van der Waals surface area contributed by atoms with Crippen molar-refractivity contribution in [2.45, 2.75) is 46.0 Å². The fraction of sp³-hybridized carbons (Fsp3) is 0.467. The summed E-state index contributed by atoms with van der Waals surface area (Å²) in [5.41, 5.74) is 2.03. The number of hydrogen-bond acceptors (Lipinski definition) is 2. The Kier molecular flexibility index (Phi) is 5.61. The smallest absolute Gasteiger partial charge is 0.162 e. The first kappa shape index (κ1) is 13.6. The molecule has 0 amide bonds. The maximum atomic E-state index is 11.8. The van der Waals surface area contributed by atoms with Crippen molar-refractivity contribution in [3.63, 3.8) is 0 Å². The Bertz CT molecular complexity index is 376. The van der Waals surface area contributed by atoms with E-state index >= 15 is 0 Å². The molecule has 0 N–H and O–H groups in total. The number of benzene rings is 1. The molecule has 0 aromatic heterocycles. The molecule has 0 aliphatic heterocycles. The zero-order valence-corrected chi connectivity index (χ0v) is 10.7. The van der Waals surface area contributed by atoms with Crippen LogP contribution in [0.1, 0.15) is 55.5 Å². The lowest BCUT2D eigenvalue weighted by Crippen LogP contribution is -2.00. The Balaban J connectivity index is 2.38. The number of carbonyl (C=O) groups excluding carboxylic acids is 2. The minimum absolute atomic E-state index is 0.177. The fourth-order valence-electron chi connectivity index (χ4n) is 1.73. The lowest BCUT2D eigenvalue weighted by molar-refractivity contribution is -0.117. The van der Waals surface area contributed by atoms with Crippen LogP contribution in [0.15, 0.2) is 24.3 Å². The molecular formula is C15H20O2. The van der Waals surface area contributed by atoms with E-state index < -0.39 is 0 Å². The molecule has 0 radical (unpaired) electrons. The molecular weight excluding hydrogens is 212 g/mol. The minimum atomic E-state index is 0.177. The summed E-state index contributed by atoms with van der Waals surface area (Å²) in [7, 11) is 0. The lowest BCUT2D eigenvalue weighted by atomic mass is 10.0. The summed E-state index contributed by atoms with van der Waals surface area (Å²) in [5, 5.41) is 0. The Hall–Kier alpha value is -1.44. The van der Waals surface area contributed by atoms with E-state index in [1.807, 2.05) is 24.3 Å². The van der Waals surface area contributed by atoms with Crippen molar-refractivity contribution in [3.05, 3.63) is 35.4 Å². The van der Waals surface area contributed by atoms with E-state index in [9.17, 15) is 9.59 Å². The standard InChI is InChI=1S/C15H20O2/c1-3-13-8-10-14(11-9-13)15(17)7-5-4-6-12(2)16/h8-11H,3-7H2,1-2H3. The predicted octanol–water partition coefficient (Wildman–Crippen LogP) is 3.58. The van der Waals surface area contributed by atoms with Crippen molar-refractivity contribution < 1.29 is 9.59 Å². The highest BCUT2D eigenvalue weighted by Gasteiger charge is 2.05. The van der Waals surface area contributed by atoms with E-state index in [2.05, 4.69) is 6.92 Å². The molecule has 0 spiro atoms. The van der Waals surface area contributed by atoms with Crippen LogP contribution in [0.4, 0.5) is 0 Å². The van der Waals surface area contributed by atoms with Gasteiger partial charge >= 0.3 is 0 Å². The van der Waals surface area contributed by atoms with Gasteiger partial charge < -0.3 is 4.79 Å². The quantitative estimate of drug-likeness (QED) is 0.532. The van der Waals surface area contributed by atoms with Crippen molar-refractivity contribution in [3.8, 4) is 0 Å². The first-order valence-electron chi connectivity index (χ1n) is 6.25. The van der Waals surface area contributed by atoms with Crippen LogP contribution in [0.2, 0.25) is 0 Å². The summed E-state index contributed by atoms with van der Waals surface area (Å²) in [4.78, 5) is 22.5. The second-order valence-corrected chi connectivity index (χ2v) is 4.38. The molecule has 1 aromatic carbocycles. The van der Waals surface area contributed by atoms with Crippen LogP contribution in [0.3, 0.4) is 0 Å². The van der Waals surface area contributed by atoms with Gasteiger partial charge in [-0.15, -0.1) is 0 Å². The van der Waals surface area contributed by atoms with Gasteiger partial charge in [-0.3, -0.25) is 4.79 Å². The van der Waals surface area contributed by atoms with Crippen LogP contribution in [0.25, 0.3) is 0 Å². The van der Waals surface area contributed by atoms with Crippen LogP contribution in [-0.4, -0.2) is 11.6 Å². The number of ketones is 2. The van der Waals surface area contributed by atoms with E-state index in [-0.39, 0.29) is 11.6 Å². The first-order chi connectivity index (χ1) is 8.13. The van der Waals surface area contributed by atoms with Gasteiger partial charge in [-0.1, -0.05) is 31.2 Å². The van der Waals surface area contributed by atoms with Crippen LogP contribution in [0.5, 0.6) is 0 Å². The molecule has 0 atom stereocenters. The molecule has 0 bridgehead atoms. The Morgan fingerprint density at radius 1 is 1.00 bits per heavy atom. The van der Waals surface area contributed by atoms with E-state index in [0.29, 0.717) is 12.8 Å². The van der Waals surface area contributed by atoms with E-state index in [0.717, 1.165) is 24.8 Å². The van der Waals surface area contributed by atoms with Crippen LogP contribution in [-0.2, 0) is 11.2 Å². The maximum Gasteiger partial charge on any atom is 0.162 e. The Morgan fingerprint density at radius 2 is 1.59 bits per heavy atom. The van der Waals surface area contributed by atoms with Crippen molar-refractivity contribution in [1.29, 1.82) is 0 Å². The number of hydrogen-bond donors (Lipinski definition) is 0. The summed E-state index contributed by atoms with van der Waals surface area (Å²) in [5.74, 6) is 0.376. The first-order valence-corrected chi connectivity index (χ1v) is 6.25. The topological polar surface area (TPSA) is 34.1 Å². The fourth-order valence-corrected chi connectivity index (χ4v) is 1.73. The Morgan fingerprint density at radius 3 is 2.12 bits per heavy atom. The second kappa shape index (κ2) is 7.00. The normalized spacial score (nSPS) is 10.2. The molecule has 0 saturated heterocycles. The minimum Gasteiger partial charge on any atom is -0.300 e. The molecule has 0 heterocycles. The number of unbranched alkanes of at least 4 members (excludes halogenated alkanes) is 1. The number of carbonyl (C=O) groups is 2. The zero-order chi connectivity index (χ0) is 12.7. The Labute approximate surface area is 103 Å². The van der Waals surface area contributed by atoms with Gasteiger partial charge in [0.1, 0.15) is 5.78 Å². The van der Waals surface area contributed by atoms with Crippen LogP contribution >= 0.6 is 0 Å². The summed E-state index contributed by atoms with van der Waals surface area (Å²) >= 11 is 0. The van der Waals surface area contributed by atoms with Crippen molar-refractivity contribution in [1.82, 2.24) is 0 Å². The molecule has 1 aromatic rings. The molecule has 2 heteroatoms. The second-order valence-electron chi connectivity index (χ2n) is 4.38. The average molecular weight is 232 g/mol. The average Bonchev–Trinajstić information content (AvgIpc) is 2.34. The van der Waals surface area contributed by atoms with Gasteiger partial charge in [0.05, 0.1) is 0 Å². The molecule has 2 nitrogen and oxygen atoms in total. The van der Waals surface area contributed by atoms with Gasteiger partial charge in [-0.2, -0.15) is 0 Å². The van der Waals surface area contributed by atoms with Gasteiger partial charge in [0.25, 0.3) is 0 Å². The van der Waals surface area contributed by atoms with Gasteiger partial charge in [0.2, 0.25) is 0 Å². The van der Waals surface area contributed by atoms with Gasteiger partial charge in [0.15, 0.2) is 5.78 Å². The zero-order valence-electron chi connectivity index (χ0n) is 10.7. The summed E-state index contributed by atoms with van der Waals surface area (Å²) in [6, 6.07) is 7.80. The van der Waals surface area contributed by atoms with Gasteiger partial charge in [0, 0.05) is 18.4 Å². The maximum absolute atomic E-state index is 11.8. The third kappa shape index (κ3) is 4.94. The third-order valence-electron chi connectivity index (χ3n) is 2.87. The molecule has 1 rings (SSSR count). The van der Waals surface area contributed by atoms with Crippen molar-refractivity contribution in [2.75, 3.05) is 0 Å². The van der Waals surface area contributed by atoms with Crippen LogP contribution in [0, 0.1) is 0 Å². The lowest BCUT2D eigenvalue weighted by Gasteiger charge is -2.02. The molecule has 0 aliphatic rings. The highest BCUT2D eigenvalue weighted by Crippen LogP contribution is 2.10. The van der Waals surface area contributed by atoms with Crippen molar-refractivity contribution in [2.24, 2.45) is 0 Å². The largest absolute Gasteiger partial charge is 0.300 e. The molecule has 17 heavy (non-hydrogen) atoms. The van der Waals surface area contributed by atoms with E-state index in [1.165, 1.54) is 5.56 Å². The molecule has 92 valence electrons. The molecule has 0 unspecified atom stereocenters. The van der Waals surface area contributed by atoms with E-state index in [1.54, 1.807) is 6.92 Å².